The highest BCUT2D eigenvalue weighted by Gasteiger charge is 2.27. The van der Waals surface area contributed by atoms with Crippen LogP contribution in [0.4, 0.5) is 13.2 Å². The van der Waals surface area contributed by atoms with E-state index in [-0.39, 0.29) is 19.6 Å². The number of thiazole rings is 1. The number of nitrogens with two attached hydrogens (primary N) is 1. The lowest BCUT2D eigenvalue weighted by molar-refractivity contribution is -0.134. The molecule has 0 aliphatic heterocycles. The summed E-state index contributed by atoms with van der Waals surface area (Å²) in [5, 5.41) is 0.463. The van der Waals surface area contributed by atoms with E-state index in [9.17, 15) is 13.2 Å². The van der Waals surface area contributed by atoms with Crippen molar-refractivity contribution in [3.63, 3.8) is 0 Å². The van der Waals surface area contributed by atoms with Crippen molar-refractivity contribution in [2.24, 2.45) is 5.73 Å². The Bertz CT molecular complexity index is 338. The van der Waals surface area contributed by atoms with E-state index in [1.54, 1.807) is 0 Å². The van der Waals surface area contributed by atoms with Crippen molar-refractivity contribution in [1.29, 1.82) is 0 Å². The second kappa shape index (κ2) is 5.60. The van der Waals surface area contributed by atoms with Gasteiger partial charge in [-0.1, -0.05) is 0 Å². The van der Waals surface area contributed by atoms with Crippen LogP contribution in [-0.4, -0.2) is 18.3 Å². The van der Waals surface area contributed by atoms with Crippen LogP contribution in [-0.2, 0) is 24.3 Å². The number of ether oxygens (including phenoxy) is 1. The van der Waals surface area contributed by atoms with Crippen LogP contribution < -0.4 is 5.73 Å². The molecule has 92 valence electrons. The summed E-state index contributed by atoms with van der Waals surface area (Å²) < 4.78 is 40.9. The second-order valence-electron chi connectivity index (χ2n) is 3.23. The largest absolute Gasteiger partial charge is 0.389 e. The van der Waals surface area contributed by atoms with Gasteiger partial charge >= 0.3 is 6.18 Å². The molecule has 1 aromatic heterocycles. The molecule has 1 heterocycles. The van der Waals surface area contributed by atoms with Crippen LogP contribution in [0.2, 0.25) is 0 Å². The van der Waals surface area contributed by atoms with E-state index < -0.39 is 12.6 Å². The van der Waals surface area contributed by atoms with E-state index in [2.05, 4.69) is 4.98 Å². The summed E-state index contributed by atoms with van der Waals surface area (Å²) in [5.41, 5.74) is 6.11. The summed E-state index contributed by atoms with van der Waals surface area (Å²) >= 11 is 1.22. The third-order valence-electron chi connectivity index (χ3n) is 1.91. The maximum absolute atomic E-state index is 12.0. The van der Waals surface area contributed by atoms with Crippen LogP contribution in [0.5, 0.6) is 0 Å². The SMILES string of the molecule is COCc1nc(CCC(F)(F)F)sc1CN. The van der Waals surface area contributed by atoms with Gasteiger partial charge in [-0.2, -0.15) is 13.2 Å². The molecule has 1 rings (SSSR count). The first kappa shape index (κ1) is 13.4. The van der Waals surface area contributed by atoms with Crippen molar-refractivity contribution in [2.75, 3.05) is 7.11 Å². The maximum Gasteiger partial charge on any atom is 0.389 e. The molecule has 0 atom stereocenters. The summed E-state index contributed by atoms with van der Waals surface area (Å²) in [4.78, 5) is 4.88. The lowest BCUT2D eigenvalue weighted by atomic mass is 10.3. The van der Waals surface area contributed by atoms with Gasteiger partial charge in [-0.25, -0.2) is 4.98 Å². The number of aryl methyl sites for hydroxylation is 1. The van der Waals surface area contributed by atoms with Gasteiger partial charge in [0.2, 0.25) is 0 Å². The van der Waals surface area contributed by atoms with Crippen LogP contribution in [0.3, 0.4) is 0 Å². The third-order valence-corrected chi connectivity index (χ3v) is 3.09. The molecule has 1 aromatic rings. The fraction of sp³-hybridized carbons (Fsp3) is 0.667. The van der Waals surface area contributed by atoms with Gasteiger partial charge in [0.1, 0.15) is 0 Å². The Hall–Kier alpha value is -0.660. The third kappa shape index (κ3) is 4.07. The predicted octanol–water partition coefficient (Wildman–Crippen LogP) is 2.24. The van der Waals surface area contributed by atoms with E-state index in [1.807, 2.05) is 0 Å². The molecule has 0 aromatic carbocycles. The number of methoxy groups -OCH3 is 1. The minimum atomic E-state index is -4.14. The first-order chi connectivity index (χ1) is 7.46. The average molecular weight is 254 g/mol. The van der Waals surface area contributed by atoms with Gasteiger partial charge in [0.25, 0.3) is 0 Å². The number of alkyl halides is 3. The smallest absolute Gasteiger partial charge is 0.378 e. The molecule has 0 saturated heterocycles. The molecule has 0 unspecified atom stereocenters. The van der Waals surface area contributed by atoms with Gasteiger partial charge in [-0.05, 0) is 0 Å². The van der Waals surface area contributed by atoms with E-state index in [0.717, 1.165) is 4.88 Å². The maximum atomic E-state index is 12.0. The van der Waals surface area contributed by atoms with Gasteiger partial charge in [0.15, 0.2) is 0 Å². The molecule has 0 spiro atoms. The molecule has 7 heteroatoms. The number of rotatable bonds is 5. The molecular weight excluding hydrogens is 241 g/mol. The normalized spacial score (nSPS) is 12.1. The zero-order valence-corrected chi connectivity index (χ0v) is 9.62. The highest BCUT2D eigenvalue weighted by atomic mass is 32.1. The number of hydrogen-bond donors (Lipinski definition) is 1. The van der Waals surface area contributed by atoms with E-state index in [4.69, 9.17) is 10.5 Å². The Labute approximate surface area is 95.4 Å². The fourth-order valence-corrected chi connectivity index (χ4v) is 2.15. The molecule has 0 amide bonds. The van der Waals surface area contributed by atoms with Crippen LogP contribution >= 0.6 is 11.3 Å². The van der Waals surface area contributed by atoms with Crippen molar-refractivity contribution < 1.29 is 17.9 Å². The van der Waals surface area contributed by atoms with Crippen LogP contribution in [0.15, 0.2) is 0 Å². The Morgan fingerprint density at radius 3 is 2.62 bits per heavy atom. The second-order valence-corrected chi connectivity index (χ2v) is 4.40. The average Bonchev–Trinajstić information content (AvgIpc) is 2.57. The van der Waals surface area contributed by atoms with Gasteiger partial charge < -0.3 is 10.5 Å². The van der Waals surface area contributed by atoms with Crippen molar-refractivity contribution >= 4 is 11.3 Å². The number of nitrogens with zero attached hydrogens (tertiary/aromatic N) is 1. The van der Waals surface area contributed by atoms with Gasteiger partial charge in [0.05, 0.1) is 17.3 Å². The van der Waals surface area contributed by atoms with E-state index in [0.29, 0.717) is 10.7 Å². The van der Waals surface area contributed by atoms with Gasteiger partial charge in [-0.15, -0.1) is 11.3 Å². The lowest BCUT2D eigenvalue weighted by Crippen LogP contribution is -2.08. The molecule has 0 radical (unpaired) electrons. The Morgan fingerprint density at radius 1 is 1.44 bits per heavy atom. The van der Waals surface area contributed by atoms with E-state index in [1.165, 1.54) is 18.4 Å². The zero-order chi connectivity index (χ0) is 12.2. The molecule has 0 saturated carbocycles. The number of aromatic nitrogens is 1. The molecule has 16 heavy (non-hydrogen) atoms. The van der Waals surface area contributed by atoms with E-state index >= 15 is 0 Å². The first-order valence-electron chi connectivity index (χ1n) is 4.69. The van der Waals surface area contributed by atoms with Crippen LogP contribution in [0, 0.1) is 0 Å². The molecule has 0 bridgehead atoms. The fourth-order valence-electron chi connectivity index (χ4n) is 1.20. The monoisotopic (exact) mass is 254 g/mol. The molecular formula is C9H13F3N2OS. The highest BCUT2D eigenvalue weighted by Crippen LogP contribution is 2.25. The minimum Gasteiger partial charge on any atom is -0.378 e. The summed E-state index contributed by atoms with van der Waals surface area (Å²) in [7, 11) is 1.51. The topological polar surface area (TPSA) is 48.1 Å². The summed E-state index contributed by atoms with van der Waals surface area (Å²) in [6.07, 6.45) is -5.09. The lowest BCUT2D eigenvalue weighted by Gasteiger charge is -2.02. The Kier molecular flexibility index (Phi) is 4.69. The summed E-state index contributed by atoms with van der Waals surface area (Å²) in [5.74, 6) is 0. The standard InChI is InChI=1S/C9H13F3N2OS/c1-15-5-6-7(4-13)16-8(14-6)2-3-9(10,11)12/h2-5,13H2,1H3. The predicted molar refractivity (Wildman–Crippen MR) is 55.1 cm³/mol. The zero-order valence-electron chi connectivity index (χ0n) is 8.80. The van der Waals surface area contributed by atoms with Crippen molar-refractivity contribution in [2.45, 2.75) is 32.2 Å². The first-order valence-corrected chi connectivity index (χ1v) is 5.51. The Morgan fingerprint density at radius 2 is 2.12 bits per heavy atom. The Balaban J connectivity index is 2.67. The van der Waals surface area contributed by atoms with Crippen LogP contribution in [0.1, 0.15) is 22.0 Å². The van der Waals surface area contributed by atoms with Gasteiger partial charge in [0, 0.05) is 31.4 Å². The molecule has 0 fully saturated rings. The van der Waals surface area contributed by atoms with Crippen molar-refractivity contribution in [3.05, 3.63) is 15.6 Å². The quantitative estimate of drug-likeness (QED) is 0.876. The molecule has 2 N–H and O–H groups in total. The highest BCUT2D eigenvalue weighted by molar-refractivity contribution is 7.11. The molecule has 3 nitrogen and oxygen atoms in total. The van der Waals surface area contributed by atoms with Crippen molar-refractivity contribution in [3.8, 4) is 0 Å². The van der Waals surface area contributed by atoms with Gasteiger partial charge in [-0.3, -0.25) is 0 Å². The summed E-state index contributed by atoms with van der Waals surface area (Å²) in [6, 6.07) is 0. The molecule has 0 aliphatic carbocycles. The number of halogens is 3. The van der Waals surface area contributed by atoms with Crippen LogP contribution in [0.25, 0.3) is 0 Å². The summed E-state index contributed by atoms with van der Waals surface area (Å²) in [6.45, 7) is 0.567. The molecule has 0 aliphatic rings. The van der Waals surface area contributed by atoms with Crippen molar-refractivity contribution in [1.82, 2.24) is 4.98 Å². The number of hydrogen-bond acceptors (Lipinski definition) is 4. The minimum absolute atomic E-state index is 0.0924.